The Labute approximate surface area is 118 Å². The summed E-state index contributed by atoms with van der Waals surface area (Å²) in [5.74, 6) is -1.89. The molecule has 0 radical (unpaired) electrons. The highest BCUT2D eigenvalue weighted by Crippen LogP contribution is 2.29. The van der Waals surface area contributed by atoms with Crippen molar-refractivity contribution < 1.29 is 19.5 Å². The van der Waals surface area contributed by atoms with Gasteiger partial charge in [0.1, 0.15) is 0 Å². The third kappa shape index (κ3) is 1.88. The average molecular weight is 284 g/mol. The number of benzene rings is 1. The maximum absolute atomic E-state index is 12.2. The Morgan fingerprint density at radius 2 is 1.85 bits per heavy atom. The number of hydrogen-bond acceptors (Lipinski definition) is 4. The van der Waals surface area contributed by atoms with E-state index < -0.39 is 11.8 Å². The summed E-state index contributed by atoms with van der Waals surface area (Å²) in [4.78, 5) is 36.1. The number of hydrogen-bond donors (Lipinski definition) is 1. The second-order valence-corrected chi connectivity index (χ2v) is 5.28. The third-order valence-corrected chi connectivity index (χ3v) is 3.89. The molecule has 4 nitrogen and oxygen atoms in total. The molecular formula is C15H8O4S. The highest BCUT2D eigenvalue weighted by molar-refractivity contribution is 7.10. The van der Waals surface area contributed by atoms with Gasteiger partial charge in [-0.15, -0.1) is 11.3 Å². The lowest BCUT2D eigenvalue weighted by Gasteiger charge is -1.97. The van der Waals surface area contributed by atoms with Gasteiger partial charge in [0.2, 0.25) is 0 Å². The number of carbonyl (C=O) groups is 3. The van der Waals surface area contributed by atoms with Crippen molar-refractivity contribution in [2.75, 3.05) is 0 Å². The molecule has 1 aliphatic rings. The van der Waals surface area contributed by atoms with E-state index in [1.165, 1.54) is 29.5 Å². The van der Waals surface area contributed by atoms with Gasteiger partial charge in [0.25, 0.3) is 0 Å². The Balaban J connectivity index is 2.10. The Morgan fingerprint density at radius 3 is 2.50 bits per heavy atom. The Bertz CT molecular complexity index is 769. The number of Topliss-reactive ketones (excluding diaryl/α,β-unsaturated/α-hetero) is 2. The molecular weight excluding hydrogens is 276 g/mol. The molecule has 1 aliphatic carbocycles. The van der Waals surface area contributed by atoms with Crippen LogP contribution in [0, 0.1) is 0 Å². The van der Waals surface area contributed by atoms with Crippen molar-refractivity contribution in [1.29, 1.82) is 0 Å². The number of carboxylic acid groups (broad SMARTS) is 1. The van der Waals surface area contributed by atoms with Crippen molar-refractivity contribution in [2.24, 2.45) is 0 Å². The second-order valence-electron chi connectivity index (χ2n) is 4.30. The number of fused-ring (bicyclic) bond motifs is 1. The number of ketones is 2. The summed E-state index contributed by atoms with van der Waals surface area (Å²) in [6, 6.07) is 7.63. The smallest absolute Gasteiger partial charge is 0.335 e. The molecule has 1 N–H and O–H groups in total. The lowest BCUT2D eigenvalue weighted by molar-refractivity contribution is 0.0696. The van der Waals surface area contributed by atoms with E-state index in [4.69, 9.17) is 5.11 Å². The van der Waals surface area contributed by atoms with Crippen LogP contribution < -0.4 is 0 Å². The third-order valence-electron chi connectivity index (χ3n) is 3.07. The van der Waals surface area contributed by atoms with Gasteiger partial charge >= 0.3 is 5.97 Å². The fourth-order valence-electron chi connectivity index (χ4n) is 2.10. The first-order valence-corrected chi connectivity index (χ1v) is 6.68. The van der Waals surface area contributed by atoms with E-state index in [0.29, 0.717) is 0 Å². The largest absolute Gasteiger partial charge is 0.478 e. The van der Waals surface area contributed by atoms with Gasteiger partial charge in [-0.05, 0) is 35.7 Å². The summed E-state index contributed by atoms with van der Waals surface area (Å²) in [5, 5.41) is 10.8. The van der Waals surface area contributed by atoms with Gasteiger partial charge < -0.3 is 5.11 Å². The first-order valence-electron chi connectivity index (χ1n) is 5.80. The lowest BCUT2D eigenvalue weighted by Crippen LogP contribution is -2.00. The standard InChI is InChI=1S/C15H8O4S/c16-13-10-4-3-8(15(18)19)6-11(10)14(17)12(13)7-9-2-1-5-20-9/h1-7H,(H,18,19)/b12-7+. The van der Waals surface area contributed by atoms with E-state index in [9.17, 15) is 14.4 Å². The predicted molar refractivity (Wildman–Crippen MR) is 74.4 cm³/mol. The molecule has 0 fully saturated rings. The number of thiophene rings is 1. The topological polar surface area (TPSA) is 71.4 Å². The fraction of sp³-hybridized carbons (Fsp3) is 0. The van der Waals surface area contributed by atoms with Crippen LogP contribution in [0.1, 0.15) is 36.0 Å². The quantitative estimate of drug-likeness (QED) is 0.680. The van der Waals surface area contributed by atoms with Gasteiger partial charge in [0.15, 0.2) is 11.6 Å². The highest BCUT2D eigenvalue weighted by atomic mass is 32.1. The summed E-state index contributed by atoms with van der Waals surface area (Å²) in [6.07, 6.45) is 1.55. The molecule has 1 aromatic carbocycles. The maximum Gasteiger partial charge on any atom is 0.335 e. The van der Waals surface area contributed by atoms with Gasteiger partial charge in [-0.3, -0.25) is 9.59 Å². The van der Waals surface area contributed by atoms with Gasteiger partial charge in [0.05, 0.1) is 11.1 Å². The molecule has 0 bridgehead atoms. The van der Waals surface area contributed by atoms with Gasteiger partial charge in [-0.25, -0.2) is 4.79 Å². The molecule has 98 valence electrons. The van der Waals surface area contributed by atoms with E-state index in [0.717, 1.165) is 4.88 Å². The van der Waals surface area contributed by atoms with Crippen LogP contribution >= 0.6 is 11.3 Å². The van der Waals surface area contributed by atoms with E-state index in [2.05, 4.69) is 0 Å². The minimum atomic E-state index is -1.12. The van der Waals surface area contributed by atoms with Crippen LogP contribution in [-0.2, 0) is 0 Å². The van der Waals surface area contributed by atoms with E-state index in [1.807, 2.05) is 17.5 Å². The van der Waals surface area contributed by atoms with Gasteiger partial charge in [-0.1, -0.05) is 6.07 Å². The lowest BCUT2D eigenvalue weighted by atomic mass is 10.1. The van der Waals surface area contributed by atoms with Gasteiger partial charge in [0, 0.05) is 16.0 Å². The van der Waals surface area contributed by atoms with Crippen LogP contribution in [0.15, 0.2) is 41.3 Å². The first-order chi connectivity index (χ1) is 9.58. The van der Waals surface area contributed by atoms with Crippen molar-refractivity contribution in [3.8, 4) is 0 Å². The summed E-state index contributed by atoms with van der Waals surface area (Å²) >= 11 is 1.43. The minimum Gasteiger partial charge on any atom is -0.478 e. The molecule has 0 saturated heterocycles. The normalized spacial score (nSPS) is 15.7. The zero-order chi connectivity index (χ0) is 14.3. The van der Waals surface area contributed by atoms with E-state index >= 15 is 0 Å². The first kappa shape index (κ1) is 12.5. The van der Waals surface area contributed by atoms with Crippen molar-refractivity contribution in [1.82, 2.24) is 0 Å². The Morgan fingerprint density at radius 1 is 1.10 bits per heavy atom. The average Bonchev–Trinajstić information content (AvgIpc) is 3.02. The molecule has 1 heterocycles. The predicted octanol–water partition coefficient (Wildman–Crippen LogP) is 2.91. The van der Waals surface area contributed by atoms with Crippen LogP contribution in [0.4, 0.5) is 0 Å². The molecule has 0 spiro atoms. The molecule has 0 amide bonds. The molecule has 2 aromatic rings. The highest BCUT2D eigenvalue weighted by Gasteiger charge is 2.33. The SMILES string of the molecule is O=C(O)c1ccc2c(c1)C(=O)/C(=C/c1cccs1)C2=O. The van der Waals surface area contributed by atoms with Crippen LogP contribution in [-0.4, -0.2) is 22.6 Å². The number of rotatable bonds is 2. The zero-order valence-electron chi connectivity index (χ0n) is 10.1. The number of allylic oxidation sites excluding steroid dienone is 1. The molecule has 20 heavy (non-hydrogen) atoms. The van der Waals surface area contributed by atoms with E-state index in [1.54, 1.807) is 6.08 Å². The Hall–Kier alpha value is -2.53. The summed E-state index contributed by atoms with van der Waals surface area (Å²) in [5.41, 5.74) is 0.521. The summed E-state index contributed by atoms with van der Waals surface area (Å²) < 4.78 is 0. The van der Waals surface area contributed by atoms with Gasteiger partial charge in [-0.2, -0.15) is 0 Å². The molecule has 1 aromatic heterocycles. The van der Waals surface area contributed by atoms with Crippen LogP contribution in [0.25, 0.3) is 6.08 Å². The minimum absolute atomic E-state index is 0.00211. The van der Waals surface area contributed by atoms with Crippen LogP contribution in [0.5, 0.6) is 0 Å². The van der Waals surface area contributed by atoms with Crippen molar-refractivity contribution >= 4 is 34.9 Å². The van der Waals surface area contributed by atoms with Crippen LogP contribution in [0.2, 0.25) is 0 Å². The summed E-state index contributed by atoms with van der Waals surface area (Å²) in [6.45, 7) is 0. The molecule has 0 saturated carbocycles. The zero-order valence-corrected chi connectivity index (χ0v) is 10.9. The molecule has 3 rings (SSSR count). The second kappa shape index (κ2) is 4.54. The van der Waals surface area contributed by atoms with E-state index in [-0.39, 0.29) is 28.0 Å². The molecule has 5 heteroatoms. The molecule has 0 unspecified atom stereocenters. The number of aromatic carboxylic acids is 1. The molecule has 0 aliphatic heterocycles. The summed E-state index contributed by atoms with van der Waals surface area (Å²) in [7, 11) is 0. The van der Waals surface area contributed by atoms with Crippen LogP contribution in [0.3, 0.4) is 0 Å². The molecule has 0 atom stereocenters. The monoisotopic (exact) mass is 284 g/mol. The number of carbonyl (C=O) groups excluding carboxylic acids is 2. The number of carboxylic acids is 1. The Kier molecular flexibility index (Phi) is 2.84. The van der Waals surface area contributed by atoms with Crippen molar-refractivity contribution in [3.63, 3.8) is 0 Å². The maximum atomic E-state index is 12.2. The van der Waals surface area contributed by atoms with Crippen molar-refractivity contribution in [3.05, 3.63) is 62.9 Å². The van der Waals surface area contributed by atoms with Crippen molar-refractivity contribution in [2.45, 2.75) is 0 Å². The fourth-order valence-corrected chi connectivity index (χ4v) is 2.76.